The fraction of sp³-hybridized carbons (Fsp3) is 0.286. The number of ether oxygens (including phenoxy) is 1. The maximum absolute atomic E-state index is 9.31. The lowest BCUT2D eigenvalue weighted by molar-refractivity contribution is 0.270. The van der Waals surface area contributed by atoms with Gasteiger partial charge in [0.05, 0.1) is 6.61 Å². The third-order valence-electron chi connectivity index (χ3n) is 2.37. The van der Waals surface area contributed by atoms with Gasteiger partial charge in [-0.1, -0.05) is 26.0 Å². The maximum atomic E-state index is 9.31. The molecule has 0 aliphatic rings. The van der Waals surface area contributed by atoms with Gasteiger partial charge in [-0.3, -0.25) is 0 Å². The van der Waals surface area contributed by atoms with Crippen LogP contribution < -0.4 is 4.74 Å². The number of nitriles is 1. The molecule has 2 aromatic rings. The Bertz CT molecular complexity index is 556. The number of rotatable bonds is 4. The van der Waals surface area contributed by atoms with E-state index in [2.05, 4.69) is 24.9 Å². The van der Waals surface area contributed by atoms with Crippen molar-refractivity contribution in [2.75, 3.05) is 6.61 Å². The van der Waals surface area contributed by atoms with E-state index in [1.807, 2.05) is 23.6 Å². The highest BCUT2D eigenvalue weighted by Crippen LogP contribution is 2.31. The van der Waals surface area contributed by atoms with Crippen molar-refractivity contribution in [2.45, 2.75) is 13.8 Å². The summed E-state index contributed by atoms with van der Waals surface area (Å²) in [7, 11) is 0. The van der Waals surface area contributed by atoms with Crippen molar-refractivity contribution in [1.29, 1.82) is 5.26 Å². The Labute approximate surface area is 111 Å². The summed E-state index contributed by atoms with van der Waals surface area (Å²) in [4.78, 5) is 4.24. The summed E-state index contributed by atoms with van der Waals surface area (Å²) in [6.45, 7) is 4.77. The molecule has 0 bridgehead atoms. The number of hydrogen-bond acceptors (Lipinski definition) is 4. The van der Waals surface area contributed by atoms with Crippen LogP contribution in [0.2, 0.25) is 0 Å². The van der Waals surface area contributed by atoms with Gasteiger partial charge in [-0.2, -0.15) is 5.26 Å². The molecule has 2 rings (SSSR count). The van der Waals surface area contributed by atoms with Gasteiger partial charge in [0.15, 0.2) is 0 Å². The first kappa shape index (κ1) is 12.6. The normalized spacial score (nSPS) is 10.3. The fourth-order valence-corrected chi connectivity index (χ4v) is 2.23. The second-order valence-electron chi connectivity index (χ2n) is 4.33. The largest absolute Gasteiger partial charge is 0.492 e. The van der Waals surface area contributed by atoms with Crippen molar-refractivity contribution in [3.05, 3.63) is 35.3 Å². The van der Waals surface area contributed by atoms with E-state index in [4.69, 9.17) is 4.74 Å². The Kier molecular flexibility index (Phi) is 3.96. The summed E-state index contributed by atoms with van der Waals surface area (Å²) in [6.07, 6.45) is 1.74. The molecule has 0 aliphatic heterocycles. The smallest absolute Gasteiger partial charge is 0.137 e. The summed E-state index contributed by atoms with van der Waals surface area (Å²) < 4.78 is 5.68. The molecular weight excluding hydrogens is 244 g/mol. The average Bonchev–Trinajstić information content (AvgIpc) is 2.89. The molecule has 1 heterocycles. The predicted molar refractivity (Wildman–Crippen MR) is 72.6 cm³/mol. The zero-order valence-electron chi connectivity index (χ0n) is 10.4. The number of aromatic nitrogens is 1. The first-order valence-corrected chi connectivity index (χ1v) is 6.66. The van der Waals surface area contributed by atoms with E-state index in [1.54, 1.807) is 6.20 Å². The lowest BCUT2D eigenvalue weighted by Crippen LogP contribution is -2.05. The summed E-state index contributed by atoms with van der Waals surface area (Å²) in [6, 6.07) is 7.85. The SMILES string of the molecule is CC(C)COc1cccc(-c2nccs2)c1C#N. The summed E-state index contributed by atoms with van der Waals surface area (Å²) in [5.41, 5.74) is 1.40. The highest BCUT2D eigenvalue weighted by atomic mass is 32.1. The van der Waals surface area contributed by atoms with E-state index in [9.17, 15) is 5.26 Å². The molecular formula is C14H14N2OS. The molecule has 0 radical (unpaired) electrons. The van der Waals surface area contributed by atoms with Crippen LogP contribution in [0.4, 0.5) is 0 Å². The van der Waals surface area contributed by atoms with E-state index in [1.165, 1.54) is 11.3 Å². The van der Waals surface area contributed by atoms with Crippen LogP contribution in [0.1, 0.15) is 19.4 Å². The van der Waals surface area contributed by atoms with Crippen LogP contribution in [0.15, 0.2) is 29.8 Å². The zero-order valence-corrected chi connectivity index (χ0v) is 11.2. The van der Waals surface area contributed by atoms with Crippen LogP contribution >= 0.6 is 11.3 Å². The molecule has 0 unspecified atom stereocenters. The molecule has 0 amide bonds. The molecule has 0 aliphatic carbocycles. The van der Waals surface area contributed by atoms with Gasteiger partial charge in [0.25, 0.3) is 0 Å². The lowest BCUT2D eigenvalue weighted by Gasteiger charge is -2.11. The molecule has 0 N–H and O–H groups in total. The van der Waals surface area contributed by atoms with Gasteiger partial charge in [0.2, 0.25) is 0 Å². The maximum Gasteiger partial charge on any atom is 0.137 e. The molecule has 4 heteroatoms. The molecule has 1 aromatic carbocycles. The van der Waals surface area contributed by atoms with Gasteiger partial charge < -0.3 is 4.74 Å². The zero-order chi connectivity index (χ0) is 13.0. The Balaban J connectivity index is 2.38. The molecule has 0 spiro atoms. The third kappa shape index (κ3) is 2.69. The summed E-state index contributed by atoms with van der Waals surface area (Å²) in [5, 5.41) is 12.1. The van der Waals surface area contributed by atoms with Crippen molar-refractivity contribution in [1.82, 2.24) is 4.98 Å². The topological polar surface area (TPSA) is 45.9 Å². The minimum Gasteiger partial charge on any atom is -0.492 e. The first-order valence-electron chi connectivity index (χ1n) is 5.78. The van der Waals surface area contributed by atoms with Crippen LogP contribution in [0.25, 0.3) is 10.6 Å². The van der Waals surface area contributed by atoms with Gasteiger partial charge in [-0.05, 0) is 12.0 Å². The van der Waals surface area contributed by atoms with Crippen molar-refractivity contribution in [3.8, 4) is 22.4 Å². The number of nitrogens with zero attached hydrogens (tertiary/aromatic N) is 2. The standard InChI is InChI=1S/C14H14N2OS/c1-10(2)9-17-13-5-3-4-11(12(13)8-15)14-16-6-7-18-14/h3-7,10H,9H2,1-2H3. The van der Waals surface area contributed by atoms with Gasteiger partial charge in [-0.25, -0.2) is 4.98 Å². The highest BCUT2D eigenvalue weighted by molar-refractivity contribution is 7.13. The van der Waals surface area contributed by atoms with Crippen molar-refractivity contribution < 1.29 is 4.74 Å². The van der Waals surface area contributed by atoms with Gasteiger partial charge in [-0.15, -0.1) is 11.3 Å². The second kappa shape index (κ2) is 5.65. The van der Waals surface area contributed by atoms with E-state index in [0.29, 0.717) is 23.8 Å². The molecule has 0 saturated carbocycles. The monoisotopic (exact) mass is 258 g/mol. The number of benzene rings is 1. The molecule has 92 valence electrons. The average molecular weight is 258 g/mol. The molecule has 0 atom stereocenters. The summed E-state index contributed by atoms with van der Waals surface area (Å²) in [5.74, 6) is 1.07. The van der Waals surface area contributed by atoms with Gasteiger partial charge >= 0.3 is 0 Å². The van der Waals surface area contributed by atoms with Crippen LogP contribution in [-0.4, -0.2) is 11.6 Å². The van der Waals surface area contributed by atoms with E-state index >= 15 is 0 Å². The van der Waals surface area contributed by atoms with Crippen LogP contribution in [0.3, 0.4) is 0 Å². The van der Waals surface area contributed by atoms with Crippen molar-refractivity contribution in [2.24, 2.45) is 5.92 Å². The van der Waals surface area contributed by atoms with Crippen molar-refractivity contribution in [3.63, 3.8) is 0 Å². The van der Waals surface area contributed by atoms with E-state index < -0.39 is 0 Å². The minimum atomic E-state index is 0.431. The summed E-state index contributed by atoms with van der Waals surface area (Å²) >= 11 is 1.52. The first-order chi connectivity index (χ1) is 8.72. The highest BCUT2D eigenvalue weighted by Gasteiger charge is 2.12. The molecule has 18 heavy (non-hydrogen) atoms. The predicted octanol–water partition coefficient (Wildman–Crippen LogP) is 3.72. The van der Waals surface area contributed by atoms with Crippen LogP contribution in [0.5, 0.6) is 5.75 Å². The minimum absolute atomic E-state index is 0.431. The second-order valence-corrected chi connectivity index (χ2v) is 5.23. The molecule has 3 nitrogen and oxygen atoms in total. The van der Waals surface area contributed by atoms with Gasteiger partial charge in [0, 0.05) is 17.1 Å². The molecule has 0 fully saturated rings. The Morgan fingerprint density at radius 1 is 1.44 bits per heavy atom. The number of thiazole rings is 1. The van der Waals surface area contributed by atoms with E-state index in [0.717, 1.165) is 10.6 Å². The third-order valence-corrected chi connectivity index (χ3v) is 3.18. The Morgan fingerprint density at radius 3 is 2.89 bits per heavy atom. The fourth-order valence-electron chi connectivity index (χ4n) is 1.56. The van der Waals surface area contributed by atoms with Crippen LogP contribution in [0, 0.1) is 17.2 Å². The van der Waals surface area contributed by atoms with Crippen molar-refractivity contribution >= 4 is 11.3 Å². The lowest BCUT2D eigenvalue weighted by atomic mass is 10.1. The van der Waals surface area contributed by atoms with Crippen LogP contribution in [-0.2, 0) is 0 Å². The van der Waals surface area contributed by atoms with E-state index in [-0.39, 0.29) is 0 Å². The quantitative estimate of drug-likeness (QED) is 0.839. The Hall–Kier alpha value is -1.86. The Morgan fingerprint density at radius 2 is 2.28 bits per heavy atom. The van der Waals surface area contributed by atoms with Gasteiger partial charge in [0.1, 0.15) is 22.4 Å². The number of hydrogen-bond donors (Lipinski definition) is 0. The molecule has 0 saturated heterocycles. The molecule has 1 aromatic heterocycles.